The van der Waals surface area contributed by atoms with Crippen molar-refractivity contribution in [3.05, 3.63) is 12.3 Å². The van der Waals surface area contributed by atoms with E-state index in [2.05, 4.69) is 25.5 Å². The number of nitrogens with one attached hydrogen (secondary N) is 2. The van der Waals surface area contributed by atoms with Crippen molar-refractivity contribution in [2.45, 2.75) is 26.2 Å². The first kappa shape index (κ1) is 14.6. The van der Waals surface area contributed by atoms with Gasteiger partial charge in [-0.15, -0.1) is 0 Å². The maximum atomic E-state index is 11.6. The van der Waals surface area contributed by atoms with Crippen LogP contribution in [0.3, 0.4) is 0 Å². The standard InChI is InChI=1S/C14H23N5O/c1-3-16-13(20)10-11-5-8-19(9-6-11)12-4-7-17-14(15-2)18-12/h4,7,11H,3,5-6,8-10H2,1-2H3,(H,16,20)(H,15,17,18). The van der Waals surface area contributed by atoms with Gasteiger partial charge in [0.1, 0.15) is 5.82 Å². The number of piperidine rings is 1. The molecule has 20 heavy (non-hydrogen) atoms. The van der Waals surface area contributed by atoms with Crippen LogP contribution in [0.2, 0.25) is 0 Å². The summed E-state index contributed by atoms with van der Waals surface area (Å²) in [5, 5.41) is 5.82. The number of anilines is 2. The Balaban J connectivity index is 1.86. The predicted molar refractivity (Wildman–Crippen MR) is 79.8 cm³/mol. The average molecular weight is 277 g/mol. The van der Waals surface area contributed by atoms with Gasteiger partial charge in [0.15, 0.2) is 0 Å². The van der Waals surface area contributed by atoms with Gasteiger partial charge in [0.05, 0.1) is 0 Å². The van der Waals surface area contributed by atoms with Gasteiger partial charge in [0, 0.05) is 39.3 Å². The summed E-state index contributed by atoms with van der Waals surface area (Å²) >= 11 is 0. The van der Waals surface area contributed by atoms with E-state index < -0.39 is 0 Å². The van der Waals surface area contributed by atoms with E-state index in [9.17, 15) is 4.79 Å². The Morgan fingerprint density at radius 1 is 1.45 bits per heavy atom. The average Bonchev–Trinajstić information content (AvgIpc) is 2.48. The third kappa shape index (κ3) is 3.82. The topological polar surface area (TPSA) is 70.2 Å². The summed E-state index contributed by atoms with van der Waals surface area (Å²) < 4.78 is 0. The van der Waals surface area contributed by atoms with Crippen LogP contribution in [0.25, 0.3) is 0 Å². The molecule has 0 radical (unpaired) electrons. The Morgan fingerprint density at radius 2 is 2.20 bits per heavy atom. The number of hydrogen-bond donors (Lipinski definition) is 2. The first-order chi connectivity index (χ1) is 9.72. The van der Waals surface area contributed by atoms with E-state index >= 15 is 0 Å². The van der Waals surface area contributed by atoms with Crippen LogP contribution in [0.4, 0.5) is 11.8 Å². The Kier molecular flexibility index (Phi) is 5.15. The minimum absolute atomic E-state index is 0.172. The van der Waals surface area contributed by atoms with E-state index in [0.717, 1.165) is 31.7 Å². The summed E-state index contributed by atoms with van der Waals surface area (Å²) in [6.07, 6.45) is 4.49. The number of carbonyl (C=O) groups is 1. The largest absolute Gasteiger partial charge is 0.357 e. The molecule has 2 N–H and O–H groups in total. The molecule has 0 aliphatic carbocycles. The van der Waals surface area contributed by atoms with Crippen molar-refractivity contribution in [1.82, 2.24) is 15.3 Å². The van der Waals surface area contributed by atoms with Gasteiger partial charge in [-0.05, 0) is 31.7 Å². The highest BCUT2D eigenvalue weighted by Crippen LogP contribution is 2.24. The van der Waals surface area contributed by atoms with Gasteiger partial charge in [-0.2, -0.15) is 4.98 Å². The summed E-state index contributed by atoms with van der Waals surface area (Å²) in [6.45, 7) is 4.56. The quantitative estimate of drug-likeness (QED) is 0.848. The summed E-state index contributed by atoms with van der Waals surface area (Å²) in [5.74, 6) is 2.27. The summed E-state index contributed by atoms with van der Waals surface area (Å²) in [7, 11) is 1.82. The molecular weight excluding hydrogens is 254 g/mol. The van der Waals surface area contributed by atoms with E-state index in [1.54, 1.807) is 6.20 Å². The van der Waals surface area contributed by atoms with Crippen LogP contribution >= 0.6 is 0 Å². The molecule has 0 unspecified atom stereocenters. The maximum absolute atomic E-state index is 11.6. The van der Waals surface area contributed by atoms with Crippen LogP contribution in [-0.2, 0) is 4.79 Å². The molecule has 1 aliphatic heterocycles. The van der Waals surface area contributed by atoms with Crippen molar-refractivity contribution in [3.63, 3.8) is 0 Å². The first-order valence-corrected chi connectivity index (χ1v) is 7.25. The van der Waals surface area contributed by atoms with Gasteiger partial charge in [-0.1, -0.05) is 0 Å². The fourth-order valence-electron chi connectivity index (χ4n) is 2.54. The zero-order chi connectivity index (χ0) is 14.4. The molecule has 0 saturated carbocycles. The van der Waals surface area contributed by atoms with Crippen molar-refractivity contribution in [2.75, 3.05) is 36.9 Å². The van der Waals surface area contributed by atoms with Crippen LogP contribution in [0.15, 0.2) is 12.3 Å². The first-order valence-electron chi connectivity index (χ1n) is 7.25. The zero-order valence-electron chi connectivity index (χ0n) is 12.2. The molecule has 2 heterocycles. The van der Waals surface area contributed by atoms with Crippen LogP contribution in [0, 0.1) is 5.92 Å². The molecule has 1 aromatic rings. The van der Waals surface area contributed by atoms with Crippen molar-refractivity contribution in [3.8, 4) is 0 Å². The molecule has 1 amide bonds. The highest BCUT2D eigenvalue weighted by molar-refractivity contribution is 5.76. The number of nitrogens with zero attached hydrogens (tertiary/aromatic N) is 3. The second-order valence-corrected chi connectivity index (χ2v) is 5.08. The molecule has 0 aromatic carbocycles. The second kappa shape index (κ2) is 7.07. The predicted octanol–water partition coefficient (Wildman–Crippen LogP) is 1.26. The lowest BCUT2D eigenvalue weighted by Gasteiger charge is -2.32. The highest BCUT2D eigenvalue weighted by Gasteiger charge is 2.22. The smallest absolute Gasteiger partial charge is 0.224 e. The molecule has 0 spiro atoms. The lowest BCUT2D eigenvalue weighted by atomic mass is 9.93. The van der Waals surface area contributed by atoms with Crippen molar-refractivity contribution >= 4 is 17.7 Å². The van der Waals surface area contributed by atoms with Crippen LogP contribution in [0.1, 0.15) is 26.2 Å². The second-order valence-electron chi connectivity index (χ2n) is 5.08. The molecule has 6 nitrogen and oxygen atoms in total. The van der Waals surface area contributed by atoms with E-state index in [1.165, 1.54) is 0 Å². The fraction of sp³-hybridized carbons (Fsp3) is 0.643. The van der Waals surface area contributed by atoms with Gasteiger partial charge >= 0.3 is 0 Å². The number of carbonyl (C=O) groups excluding carboxylic acids is 1. The Bertz CT molecular complexity index is 443. The SMILES string of the molecule is CCNC(=O)CC1CCN(c2ccnc(NC)n2)CC1. The van der Waals surface area contributed by atoms with E-state index in [4.69, 9.17) is 0 Å². The summed E-state index contributed by atoms with van der Waals surface area (Å²) in [6, 6.07) is 1.94. The normalized spacial score (nSPS) is 16.0. The summed E-state index contributed by atoms with van der Waals surface area (Å²) in [5.41, 5.74) is 0. The van der Waals surface area contributed by atoms with Crippen LogP contribution < -0.4 is 15.5 Å². The Labute approximate surface area is 120 Å². The zero-order valence-corrected chi connectivity index (χ0v) is 12.2. The third-order valence-corrected chi connectivity index (χ3v) is 3.65. The van der Waals surface area contributed by atoms with E-state index in [-0.39, 0.29) is 5.91 Å². The lowest BCUT2D eigenvalue weighted by Crippen LogP contribution is -2.36. The molecule has 6 heteroatoms. The molecule has 0 bridgehead atoms. The van der Waals surface area contributed by atoms with E-state index in [0.29, 0.717) is 24.8 Å². The monoisotopic (exact) mass is 277 g/mol. The van der Waals surface area contributed by atoms with Crippen molar-refractivity contribution < 1.29 is 4.79 Å². The van der Waals surface area contributed by atoms with Crippen LogP contribution in [0.5, 0.6) is 0 Å². The fourth-order valence-corrected chi connectivity index (χ4v) is 2.54. The van der Waals surface area contributed by atoms with Crippen molar-refractivity contribution in [1.29, 1.82) is 0 Å². The third-order valence-electron chi connectivity index (χ3n) is 3.65. The number of amides is 1. The molecule has 1 fully saturated rings. The van der Waals surface area contributed by atoms with Gasteiger partial charge in [0.25, 0.3) is 0 Å². The molecule has 0 atom stereocenters. The van der Waals surface area contributed by atoms with Gasteiger partial charge in [0.2, 0.25) is 11.9 Å². The molecule has 1 aromatic heterocycles. The highest BCUT2D eigenvalue weighted by atomic mass is 16.1. The van der Waals surface area contributed by atoms with Gasteiger partial charge in [-0.25, -0.2) is 4.98 Å². The minimum atomic E-state index is 0.172. The minimum Gasteiger partial charge on any atom is -0.357 e. The maximum Gasteiger partial charge on any atom is 0.224 e. The molecule has 110 valence electrons. The lowest BCUT2D eigenvalue weighted by molar-refractivity contribution is -0.122. The van der Waals surface area contributed by atoms with Gasteiger partial charge in [-0.3, -0.25) is 4.79 Å². The number of rotatable bonds is 5. The number of aromatic nitrogens is 2. The Morgan fingerprint density at radius 3 is 2.85 bits per heavy atom. The van der Waals surface area contributed by atoms with Crippen molar-refractivity contribution in [2.24, 2.45) is 5.92 Å². The molecule has 2 rings (SSSR count). The van der Waals surface area contributed by atoms with Crippen LogP contribution in [-0.4, -0.2) is 42.6 Å². The molecule has 1 aliphatic rings. The number of hydrogen-bond acceptors (Lipinski definition) is 5. The van der Waals surface area contributed by atoms with E-state index in [1.807, 2.05) is 20.0 Å². The molecular formula is C14H23N5O. The summed E-state index contributed by atoms with van der Waals surface area (Å²) in [4.78, 5) is 22.4. The Hall–Kier alpha value is -1.85. The van der Waals surface area contributed by atoms with Gasteiger partial charge < -0.3 is 15.5 Å². The molecule has 1 saturated heterocycles.